The Kier molecular flexibility index (Phi) is 5.79. The number of carbonyl (C=O) groups is 1. The van der Waals surface area contributed by atoms with Crippen molar-refractivity contribution in [2.45, 2.75) is 39.3 Å². The van der Waals surface area contributed by atoms with Crippen molar-refractivity contribution in [2.75, 3.05) is 13.1 Å². The molecule has 0 radical (unpaired) electrons. The first-order chi connectivity index (χ1) is 12.1. The van der Waals surface area contributed by atoms with Crippen LogP contribution in [-0.2, 0) is 11.6 Å². The Balaban J connectivity index is 2.56. The van der Waals surface area contributed by atoms with Gasteiger partial charge in [0.05, 0.1) is 5.56 Å². The highest BCUT2D eigenvalue weighted by molar-refractivity contribution is 5.96. The molecule has 0 saturated heterocycles. The summed E-state index contributed by atoms with van der Waals surface area (Å²) in [5, 5.41) is 0. The van der Waals surface area contributed by atoms with Crippen LogP contribution in [0.4, 0.5) is 13.2 Å². The van der Waals surface area contributed by atoms with E-state index in [0.29, 0.717) is 24.2 Å². The molecule has 2 aromatic rings. The number of amides is 1. The maximum absolute atomic E-state index is 13.1. The largest absolute Gasteiger partial charge is 0.416 e. The van der Waals surface area contributed by atoms with E-state index in [9.17, 15) is 18.0 Å². The van der Waals surface area contributed by atoms with E-state index in [4.69, 9.17) is 0 Å². The lowest BCUT2D eigenvalue weighted by Gasteiger charge is -2.30. The molecule has 0 bridgehead atoms. The molecule has 140 valence electrons. The molecule has 0 aliphatic carbocycles. The van der Waals surface area contributed by atoms with E-state index < -0.39 is 17.2 Å². The lowest BCUT2D eigenvalue weighted by molar-refractivity contribution is -0.137. The number of nitrogens with zero attached hydrogens (tertiary/aromatic N) is 1. The van der Waals surface area contributed by atoms with Crippen LogP contribution in [0.25, 0.3) is 0 Å². The molecular formula is C21H24F3NO. The minimum atomic E-state index is -4.40. The van der Waals surface area contributed by atoms with Crippen molar-refractivity contribution in [2.24, 2.45) is 0 Å². The van der Waals surface area contributed by atoms with Crippen LogP contribution in [0, 0.1) is 0 Å². The summed E-state index contributed by atoms with van der Waals surface area (Å²) in [6.07, 6.45) is -4.40. The molecule has 2 rings (SSSR count). The van der Waals surface area contributed by atoms with Crippen molar-refractivity contribution in [1.82, 2.24) is 4.90 Å². The molecule has 26 heavy (non-hydrogen) atoms. The van der Waals surface area contributed by atoms with Crippen LogP contribution in [0.15, 0.2) is 48.5 Å². The predicted octanol–water partition coefficient (Wildman–Crippen LogP) is 5.51. The number of halogens is 3. The lowest BCUT2D eigenvalue weighted by atomic mass is 9.75. The number of hydrogen-bond donors (Lipinski definition) is 0. The summed E-state index contributed by atoms with van der Waals surface area (Å²) in [4.78, 5) is 14.6. The van der Waals surface area contributed by atoms with Crippen LogP contribution in [0.2, 0.25) is 0 Å². The monoisotopic (exact) mass is 363 g/mol. The number of rotatable bonds is 5. The number of hydrogen-bond acceptors (Lipinski definition) is 1. The summed E-state index contributed by atoms with van der Waals surface area (Å²) in [6, 6.07) is 12.5. The fourth-order valence-corrected chi connectivity index (χ4v) is 3.14. The Hall–Kier alpha value is -2.30. The van der Waals surface area contributed by atoms with Gasteiger partial charge in [-0.3, -0.25) is 4.79 Å². The lowest BCUT2D eigenvalue weighted by Crippen LogP contribution is -2.33. The minimum absolute atomic E-state index is 0.106. The molecular weight excluding hydrogens is 339 g/mol. The smallest absolute Gasteiger partial charge is 0.339 e. The maximum Gasteiger partial charge on any atom is 0.416 e. The van der Waals surface area contributed by atoms with E-state index in [1.807, 2.05) is 39.8 Å². The zero-order valence-corrected chi connectivity index (χ0v) is 15.5. The van der Waals surface area contributed by atoms with Crippen LogP contribution in [-0.4, -0.2) is 23.9 Å². The van der Waals surface area contributed by atoms with Gasteiger partial charge in [0, 0.05) is 24.1 Å². The van der Waals surface area contributed by atoms with Gasteiger partial charge in [-0.25, -0.2) is 0 Å². The van der Waals surface area contributed by atoms with Gasteiger partial charge >= 0.3 is 6.18 Å². The molecule has 1 amide bonds. The Labute approximate surface area is 152 Å². The van der Waals surface area contributed by atoms with Gasteiger partial charge in [-0.1, -0.05) is 50.2 Å². The zero-order chi connectivity index (χ0) is 19.5. The first-order valence-electron chi connectivity index (χ1n) is 8.69. The highest BCUT2D eigenvalue weighted by Crippen LogP contribution is 2.37. The summed E-state index contributed by atoms with van der Waals surface area (Å²) in [5.41, 5.74) is 0.332. The molecule has 0 aliphatic rings. The van der Waals surface area contributed by atoms with Crippen LogP contribution < -0.4 is 0 Å². The molecule has 0 atom stereocenters. The molecule has 5 heteroatoms. The predicted molar refractivity (Wildman–Crippen MR) is 97.3 cm³/mol. The van der Waals surface area contributed by atoms with Gasteiger partial charge in [-0.15, -0.1) is 0 Å². The molecule has 0 N–H and O–H groups in total. The summed E-state index contributed by atoms with van der Waals surface area (Å²) in [7, 11) is 0. The van der Waals surface area contributed by atoms with Crippen LogP contribution in [0.1, 0.15) is 54.7 Å². The Bertz CT molecular complexity index is 777. The summed E-state index contributed by atoms with van der Waals surface area (Å²) in [5.74, 6) is -0.106. The van der Waals surface area contributed by atoms with Gasteiger partial charge in [0.15, 0.2) is 0 Å². The molecule has 0 unspecified atom stereocenters. The Morgan fingerprint density at radius 1 is 0.923 bits per heavy atom. The first kappa shape index (κ1) is 20.0. The van der Waals surface area contributed by atoms with Gasteiger partial charge < -0.3 is 4.90 Å². The topological polar surface area (TPSA) is 20.3 Å². The zero-order valence-electron chi connectivity index (χ0n) is 15.5. The van der Waals surface area contributed by atoms with Gasteiger partial charge in [0.1, 0.15) is 0 Å². The number of benzene rings is 2. The standard InChI is InChI=1S/C21H24F3NO/c1-5-25(6-2)19(26)17-12-7-8-13-18(17)20(3,4)15-10-9-11-16(14-15)21(22,23)24/h7-14H,5-6H2,1-4H3. The molecule has 0 aliphatic heterocycles. The van der Waals surface area contributed by atoms with Crippen LogP contribution in [0.3, 0.4) is 0 Å². The van der Waals surface area contributed by atoms with E-state index >= 15 is 0 Å². The second-order valence-electron chi connectivity index (χ2n) is 6.73. The van der Waals surface area contributed by atoms with E-state index in [1.54, 1.807) is 23.1 Å². The first-order valence-corrected chi connectivity index (χ1v) is 8.69. The molecule has 2 nitrogen and oxygen atoms in total. The van der Waals surface area contributed by atoms with Crippen molar-refractivity contribution in [3.8, 4) is 0 Å². The Morgan fingerprint density at radius 3 is 2.08 bits per heavy atom. The van der Waals surface area contributed by atoms with Crippen LogP contribution >= 0.6 is 0 Å². The highest BCUT2D eigenvalue weighted by atomic mass is 19.4. The highest BCUT2D eigenvalue weighted by Gasteiger charge is 2.34. The second kappa shape index (κ2) is 7.52. The molecule has 0 saturated carbocycles. The van der Waals surface area contributed by atoms with Crippen molar-refractivity contribution in [3.63, 3.8) is 0 Å². The second-order valence-corrected chi connectivity index (χ2v) is 6.73. The average molecular weight is 363 g/mol. The quantitative estimate of drug-likeness (QED) is 0.686. The van der Waals surface area contributed by atoms with Gasteiger partial charge in [0.25, 0.3) is 5.91 Å². The SMILES string of the molecule is CCN(CC)C(=O)c1ccccc1C(C)(C)c1cccc(C(F)(F)F)c1. The van der Waals surface area contributed by atoms with E-state index in [0.717, 1.165) is 11.6 Å². The molecule has 0 spiro atoms. The minimum Gasteiger partial charge on any atom is -0.339 e. The third-order valence-corrected chi connectivity index (χ3v) is 4.79. The van der Waals surface area contributed by atoms with Crippen molar-refractivity contribution < 1.29 is 18.0 Å². The maximum atomic E-state index is 13.1. The summed E-state index contributed by atoms with van der Waals surface area (Å²) < 4.78 is 39.3. The number of carbonyl (C=O) groups excluding carboxylic acids is 1. The van der Waals surface area contributed by atoms with Gasteiger partial charge in [-0.2, -0.15) is 13.2 Å². The number of alkyl halides is 3. The van der Waals surface area contributed by atoms with Crippen molar-refractivity contribution in [1.29, 1.82) is 0 Å². The average Bonchev–Trinajstić information content (AvgIpc) is 2.62. The van der Waals surface area contributed by atoms with Gasteiger partial charge in [0.2, 0.25) is 0 Å². The van der Waals surface area contributed by atoms with Crippen LogP contribution in [0.5, 0.6) is 0 Å². The summed E-state index contributed by atoms with van der Waals surface area (Å²) in [6.45, 7) is 8.65. The molecule has 0 heterocycles. The molecule has 0 fully saturated rings. The molecule has 2 aromatic carbocycles. The van der Waals surface area contributed by atoms with Crippen molar-refractivity contribution in [3.05, 3.63) is 70.8 Å². The third kappa shape index (κ3) is 3.92. The van der Waals surface area contributed by atoms with Gasteiger partial charge in [-0.05, 0) is 37.1 Å². The molecule has 0 aromatic heterocycles. The fraction of sp³-hybridized carbons (Fsp3) is 0.381. The summed E-state index contributed by atoms with van der Waals surface area (Å²) >= 11 is 0. The Morgan fingerprint density at radius 2 is 1.50 bits per heavy atom. The van der Waals surface area contributed by atoms with E-state index in [1.165, 1.54) is 12.1 Å². The van der Waals surface area contributed by atoms with E-state index in [-0.39, 0.29) is 5.91 Å². The van der Waals surface area contributed by atoms with Crippen molar-refractivity contribution >= 4 is 5.91 Å². The normalized spacial score (nSPS) is 12.1. The van der Waals surface area contributed by atoms with E-state index in [2.05, 4.69) is 0 Å². The third-order valence-electron chi connectivity index (χ3n) is 4.79. The fourth-order valence-electron chi connectivity index (χ4n) is 3.14.